The first kappa shape index (κ1) is 24.4. The zero-order valence-electron chi connectivity index (χ0n) is 18.7. The van der Waals surface area contributed by atoms with Gasteiger partial charge in [0.1, 0.15) is 6.61 Å². The molecule has 0 N–H and O–H groups in total. The van der Waals surface area contributed by atoms with Gasteiger partial charge < -0.3 is 4.74 Å². The highest BCUT2D eigenvalue weighted by Gasteiger charge is 1.99. The number of carbonyl (C=O) groups excluding carboxylic acids is 1. The summed E-state index contributed by atoms with van der Waals surface area (Å²) in [6.45, 7) is 10.8. The van der Waals surface area contributed by atoms with E-state index in [0.717, 1.165) is 36.8 Å². The molecule has 0 unspecified atom stereocenters. The molecular weight excluding hydrogens is 356 g/mol. The van der Waals surface area contributed by atoms with Gasteiger partial charge >= 0.3 is 5.97 Å². The van der Waals surface area contributed by atoms with E-state index in [-0.39, 0.29) is 5.97 Å². The monoisotopic (exact) mass is 392 g/mol. The van der Waals surface area contributed by atoms with Gasteiger partial charge in [0.2, 0.25) is 0 Å². The highest BCUT2D eigenvalue weighted by molar-refractivity contribution is 5.83. The van der Waals surface area contributed by atoms with Crippen LogP contribution >= 0.6 is 0 Å². The van der Waals surface area contributed by atoms with Crippen molar-refractivity contribution in [3.8, 4) is 0 Å². The Morgan fingerprint density at radius 1 is 0.897 bits per heavy atom. The predicted molar refractivity (Wildman–Crippen MR) is 125 cm³/mol. The first-order valence-electron chi connectivity index (χ1n) is 10.4. The summed E-state index contributed by atoms with van der Waals surface area (Å²) in [4.78, 5) is 11.9. The van der Waals surface area contributed by atoms with E-state index in [0.29, 0.717) is 6.61 Å². The van der Waals surface area contributed by atoms with Gasteiger partial charge in [-0.05, 0) is 71.4 Å². The summed E-state index contributed by atoms with van der Waals surface area (Å²) in [5.74, 6) is -0.314. The summed E-state index contributed by atoms with van der Waals surface area (Å²) >= 11 is 0. The van der Waals surface area contributed by atoms with E-state index >= 15 is 0 Å². The van der Waals surface area contributed by atoms with Crippen molar-refractivity contribution in [2.45, 2.75) is 66.9 Å². The van der Waals surface area contributed by atoms with Gasteiger partial charge in [0.25, 0.3) is 0 Å². The molecule has 0 heterocycles. The lowest BCUT2D eigenvalue weighted by atomic mass is 10.1. The lowest BCUT2D eigenvalue weighted by Gasteiger charge is -2.02. The minimum atomic E-state index is -0.314. The van der Waals surface area contributed by atoms with Crippen molar-refractivity contribution in [3.05, 3.63) is 94.6 Å². The fourth-order valence-electron chi connectivity index (χ4n) is 2.69. The first-order valence-corrected chi connectivity index (χ1v) is 10.4. The first-order chi connectivity index (χ1) is 13.9. The molecule has 2 heteroatoms. The quantitative estimate of drug-likeness (QED) is 0.167. The highest BCUT2D eigenvalue weighted by atomic mass is 16.5. The Bertz CT molecular complexity index is 770. The van der Waals surface area contributed by atoms with Crippen LogP contribution in [0.5, 0.6) is 0 Å². The molecule has 0 aromatic heterocycles. The Labute approximate surface area is 177 Å². The van der Waals surface area contributed by atoms with Crippen LogP contribution in [0, 0.1) is 0 Å². The lowest BCUT2D eigenvalue weighted by molar-refractivity contribution is -0.139. The maximum atomic E-state index is 11.9. The summed E-state index contributed by atoms with van der Waals surface area (Å²) < 4.78 is 5.27. The van der Waals surface area contributed by atoms with Crippen molar-refractivity contribution in [2.24, 2.45) is 0 Å². The number of hydrogen-bond donors (Lipinski definition) is 0. The Hall–Kier alpha value is -2.61. The van der Waals surface area contributed by atoms with Gasteiger partial charge in [-0.3, -0.25) is 0 Å². The Morgan fingerprint density at radius 2 is 1.55 bits per heavy atom. The third kappa shape index (κ3) is 13.2. The van der Waals surface area contributed by atoms with Gasteiger partial charge in [0.15, 0.2) is 0 Å². The minimum absolute atomic E-state index is 0.299. The number of benzene rings is 1. The molecule has 29 heavy (non-hydrogen) atoms. The molecule has 0 aliphatic rings. The van der Waals surface area contributed by atoms with Crippen molar-refractivity contribution in [2.75, 3.05) is 0 Å². The van der Waals surface area contributed by atoms with Crippen LogP contribution in [0.3, 0.4) is 0 Å². The van der Waals surface area contributed by atoms with Crippen LogP contribution in [0.15, 0.2) is 89.1 Å². The molecule has 0 spiro atoms. The van der Waals surface area contributed by atoms with Crippen LogP contribution < -0.4 is 0 Å². The molecule has 0 atom stereocenters. The number of ether oxygens (including phenoxy) is 1. The number of esters is 1. The highest BCUT2D eigenvalue weighted by Crippen LogP contribution is 2.11. The lowest BCUT2D eigenvalue weighted by Crippen LogP contribution is -2.01. The molecule has 0 amide bonds. The normalized spacial score (nSPS) is 12.9. The average Bonchev–Trinajstić information content (AvgIpc) is 2.67. The minimum Gasteiger partial charge on any atom is -0.458 e. The molecule has 1 rings (SSSR count). The van der Waals surface area contributed by atoms with Crippen LogP contribution in [-0.4, -0.2) is 5.97 Å². The van der Waals surface area contributed by atoms with Crippen LogP contribution in [0.4, 0.5) is 0 Å². The zero-order valence-corrected chi connectivity index (χ0v) is 18.7. The molecule has 0 radical (unpaired) electrons. The van der Waals surface area contributed by atoms with Gasteiger partial charge in [-0.15, -0.1) is 0 Å². The van der Waals surface area contributed by atoms with Crippen molar-refractivity contribution in [1.29, 1.82) is 0 Å². The summed E-state index contributed by atoms with van der Waals surface area (Å²) in [5, 5.41) is 0. The molecule has 1 aromatic rings. The molecule has 0 aliphatic carbocycles. The van der Waals surface area contributed by atoms with Gasteiger partial charge in [-0.1, -0.05) is 77.4 Å². The topological polar surface area (TPSA) is 26.3 Å². The third-order valence-electron chi connectivity index (χ3n) is 4.43. The molecule has 1 aromatic carbocycles. The maximum absolute atomic E-state index is 11.9. The van der Waals surface area contributed by atoms with Crippen LogP contribution in [-0.2, 0) is 16.1 Å². The second kappa shape index (κ2) is 14.4. The Balaban J connectivity index is 2.36. The fraction of sp³-hybridized carbons (Fsp3) is 0.370. The third-order valence-corrected chi connectivity index (χ3v) is 4.43. The number of rotatable bonds is 11. The second-order valence-electron chi connectivity index (χ2n) is 7.76. The van der Waals surface area contributed by atoms with Crippen molar-refractivity contribution < 1.29 is 9.53 Å². The van der Waals surface area contributed by atoms with E-state index in [1.54, 1.807) is 0 Å². The standard InChI is InChI=1S/C27H36O2/c1-22(2)12-9-13-23(3)14-10-15-24(4)16-11-17-25(5)20-27(28)29-21-26-18-7-6-8-19-26/h6-8,11-12,14,16-20H,9-10,13,15,21H2,1-5H3/b17-11+,23-14+,24-16+,25-20+. The Morgan fingerprint density at radius 3 is 2.24 bits per heavy atom. The molecule has 0 bridgehead atoms. The van der Waals surface area contributed by atoms with Gasteiger partial charge in [0.05, 0.1) is 0 Å². The van der Waals surface area contributed by atoms with Crippen molar-refractivity contribution in [3.63, 3.8) is 0 Å². The predicted octanol–water partition coefficient (Wildman–Crippen LogP) is 7.65. The van der Waals surface area contributed by atoms with E-state index in [9.17, 15) is 4.79 Å². The van der Waals surface area contributed by atoms with Crippen LogP contribution in [0.25, 0.3) is 0 Å². The Kier molecular flexibility index (Phi) is 12.1. The van der Waals surface area contributed by atoms with Crippen molar-refractivity contribution in [1.82, 2.24) is 0 Å². The van der Waals surface area contributed by atoms with Gasteiger partial charge in [0, 0.05) is 6.08 Å². The second-order valence-corrected chi connectivity index (χ2v) is 7.76. The van der Waals surface area contributed by atoms with Gasteiger partial charge in [-0.25, -0.2) is 4.79 Å². The van der Waals surface area contributed by atoms with Crippen LogP contribution in [0.2, 0.25) is 0 Å². The smallest absolute Gasteiger partial charge is 0.331 e. The largest absolute Gasteiger partial charge is 0.458 e. The number of hydrogen-bond acceptors (Lipinski definition) is 2. The molecular formula is C27H36O2. The van der Waals surface area contributed by atoms with Crippen LogP contribution in [0.1, 0.15) is 65.9 Å². The van der Waals surface area contributed by atoms with Crippen molar-refractivity contribution >= 4 is 5.97 Å². The molecule has 0 aliphatic heterocycles. The molecule has 156 valence electrons. The van der Waals surface area contributed by atoms with E-state index in [1.807, 2.05) is 49.4 Å². The maximum Gasteiger partial charge on any atom is 0.331 e. The number of allylic oxidation sites excluding steroid dienone is 9. The average molecular weight is 393 g/mol. The number of carbonyl (C=O) groups is 1. The molecule has 0 saturated carbocycles. The summed E-state index contributed by atoms with van der Waals surface area (Å²) in [7, 11) is 0. The summed E-state index contributed by atoms with van der Waals surface area (Å²) in [6.07, 6.45) is 16.6. The van der Waals surface area contributed by atoms with E-state index < -0.39 is 0 Å². The molecule has 0 fully saturated rings. The van der Waals surface area contributed by atoms with Gasteiger partial charge in [-0.2, -0.15) is 0 Å². The molecule has 0 saturated heterocycles. The summed E-state index contributed by atoms with van der Waals surface area (Å²) in [5.41, 5.74) is 6.04. The fourth-order valence-corrected chi connectivity index (χ4v) is 2.69. The van der Waals surface area contributed by atoms with E-state index in [2.05, 4.69) is 45.9 Å². The molecule has 2 nitrogen and oxygen atoms in total. The summed E-state index contributed by atoms with van der Waals surface area (Å²) in [6, 6.07) is 9.69. The van der Waals surface area contributed by atoms with E-state index in [1.165, 1.54) is 22.8 Å². The van der Waals surface area contributed by atoms with E-state index in [4.69, 9.17) is 4.74 Å². The zero-order chi connectivity index (χ0) is 21.5. The SMILES string of the molecule is CC(C)=CCC/C(C)=C/CC/C(C)=C/C=C/C(C)=C/C(=O)OCc1ccccc1.